The second-order valence-electron chi connectivity index (χ2n) is 2.95. The maximum Gasteiger partial charge on any atom is 0.137 e. The van der Waals surface area contributed by atoms with Crippen LogP contribution in [0.3, 0.4) is 0 Å². The van der Waals surface area contributed by atoms with Gasteiger partial charge in [-0.25, -0.2) is 0 Å². The minimum absolute atomic E-state index is 0. The average Bonchev–Trinajstić information content (AvgIpc) is 2.04. The van der Waals surface area contributed by atoms with Gasteiger partial charge in [0.15, 0.2) is 0 Å². The van der Waals surface area contributed by atoms with E-state index < -0.39 is 0 Å². The van der Waals surface area contributed by atoms with E-state index in [0.717, 1.165) is 0 Å². The molecule has 0 aromatic heterocycles. The second-order valence-corrected chi connectivity index (χ2v) is 2.95. The number of carbonyl (C=O) groups excluding carboxylic acids is 3. The fraction of sp³-hybridized carbons (Fsp3) is 0.727. The van der Waals surface area contributed by atoms with E-state index in [2.05, 4.69) is 0 Å². The fourth-order valence-corrected chi connectivity index (χ4v) is 0.351. The first-order valence-electron chi connectivity index (χ1n) is 4.90. The van der Waals surface area contributed by atoms with Crippen molar-refractivity contribution in [2.45, 2.75) is 47.5 Å². The number of ketones is 3. The number of aliphatic hydroxyl groups excluding tert-OH is 1. The van der Waals surface area contributed by atoms with Gasteiger partial charge in [0.05, 0.1) is 6.42 Å². The Bertz CT molecular complexity index is 175. The molecule has 0 saturated carbocycles. The van der Waals surface area contributed by atoms with Crippen molar-refractivity contribution in [3.63, 3.8) is 0 Å². The van der Waals surface area contributed by atoms with E-state index in [0.29, 0.717) is 6.42 Å². The molecule has 98 valence electrons. The molecule has 5 nitrogen and oxygen atoms in total. The molecule has 0 atom stereocenters. The van der Waals surface area contributed by atoms with E-state index in [1.165, 1.54) is 13.8 Å². The van der Waals surface area contributed by atoms with Crippen LogP contribution in [0.2, 0.25) is 0 Å². The Labute approximate surface area is 97.2 Å². The summed E-state index contributed by atoms with van der Waals surface area (Å²) in [5, 5.41) is 7.57. The normalized spacial score (nSPS) is 7.12. The molecule has 0 aliphatic heterocycles. The van der Waals surface area contributed by atoms with Gasteiger partial charge >= 0.3 is 0 Å². The van der Waals surface area contributed by atoms with E-state index in [1.54, 1.807) is 13.8 Å². The van der Waals surface area contributed by atoms with Crippen molar-refractivity contribution in [2.75, 3.05) is 6.61 Å². The molecule has 0 aromatic rings. The van der Waals surface area contributed by atoms with Crippen molar-refractivity contribution >= 4 is 17.3 Å². The molecular formula is C11H24O5. The number of aliphatic hydroxyl groups is 1. The summed E-state index contributed by atoms with van der Waals surface area (Å²) in [5.41, 5.74) is 0. The first-order valence-corrected chi connectivity index (χ1v) is 4.90. The van der Waals surface area contributed by atoms with Crippen LogP contribution in [0.4, 0.5) is 0 Å². The number of hydrogen-bond donors (Lipinski definition) is 1. The summed E-state index contributed by atoms with van der Waals surface area (Å²) in [6.07, 6.45) is 0.750. The molecule has 0 radical (unpaired) electrons. The lowest BCUT2D eigenvalue weighted by Crippen LogP contribution is -1.97. The average molecular weight is 236 g/mol. The molecule has 0 spiro atoms. The summed E-state index contributed by atoms with van der Waals surface area (Å²) in [6, 6.07) is 0. The molecular weight excluding hydrogens is 212 g/mol. The van der Waals surface area contributed by atoms with Crippen LogP contribution in [0, 0.1) is 0 Å². The molecule has 0 saturated heterocycles. The van der Waals surface area contributed by atoms with Crippen LogP contribution < -0.4 is 0 Å². The molecule has 0 aliphatic rings. The Hall–Kier alpha value is -1.07. The van der Waals surface area contributed by atoms with Crippen LogP contribution in [0.5, 0.6) is 0 Å². The third kappa shape index (κ3) is 75.7. The standard InChI is InChI=1S/C5H8O2.C4H8O.C2H6O.H2O/c1-4(6)3-5(2)7;1-3-4(2)5;1-2-3;/h3H2,1-2H3;3H2,1-2H3;3H,2H2,1H3;1H2. The van der Waals surface area contributed by atoms with Crippen molar-refractivity contribution in [1.29, 1.82) is 0 Å². The van der Waals surface area contributed by atoms with Crippen molar-refractivity contribution in [3.8, 4) is 0 Å². The third-order valence-corrected chi connectivity index (χ3v) is 0.996. The van der Waals surface area contributed by atoms with Crippen LogP contribution in [0.25, 0.3) is 0 Å². The lowest BCUT2D eigenvalue weighted by atomic mass is 10.2. The first kappa shape index (κ1) is 24.3. The zero-order valence-electron chi connectivity index (χ0n) is 10.8. The maximum atomic E-state index is 10.0. The minimum atomic E-state index is -0.0625. The van der Waals surface area contributed by atoms with Crippen LogP contribution in [0.1, 0.15) is 47.5 Å². The monoisotopic (exact) mass is 236 g/mol. The van der Waals surface area contributed by atoms with Crippen molar-refractivity contribution in [3.05, 3.63) is 0 Å². The van der Waals surface area contributed by atoms with Gasteiger partial charge in [0.25, 0.3) is 0 Å². The Morgan fingerprint density at radius 1 is 0.875 bits per heavy atom. The molecule has 16 heavy (non-hydrogen) atoms. The Morgan fingerprint density at radius 3 is 1.06 bits per heavy atom. The Morgan fingerprint density at radius 2 is 1.06 bits per heavy atom. The zero-order chi connectivity index (χ0) is 12.9. The van der Waals surface area contributed by atoms with E-state index in [-0.39, 0.29) is 35.9 Å². The van der Waals surface area contributed by atoms with Crippen LogP contribution in [0.15, 0.2) is 0 Å². The molecule has 5 heteroatoms. The van der Waals surface area contributed by atoms with E-state index >= 15 is 0 Å². The molecule has 0 rings (SSSR count). The van der Waals surface area contributed by atoms with E-state index in [4.69, 9.17) is 5.11 Å². The van der Waals surface area contributed by atoms with Gasteiger partial charge in [0.2, 0.25) is 0 Å². The quantitative estimate of drug-likeness (QED) is 0.729. The fourth-order valence-electron chi connectivity index (χ4n) is 0.351. The van der Waals surface area contributed by atoms with Crippen molar-refractivity contribution in [2.24, 2.45) is 0 Å². The van der Waals surface area contributed by atoms with Gasteiger partial charge in [0, 0.05) is 13.0 Å². The zero-order valence-corrected chi connectivity index (χ0v) is 10.8. The van der Waals surface area contributed by atoms with Gasteiger partial charge in [0.1, 0.15) is 17.3 Å². The van der Waals surface area contributed by atoms with E-state index in [1.807, 2.05) is 6.92 Å². The van der Waals surface area contributed by atoms with Crippen molar-refractivity contribution < 1.29 is 25.0 Å². The lowest BCUT2D eigenvalue weighted by molar-refractivity contribution is -0.124. The SMILES string of the molecule is CC(=O)CC(C)=O.CCC(C)=O.CCO.O. The highest BCUT2D eigenvalue weighted by atomic mass is 16.2. The molecule has 0 unspecified atom stereocenters. The summed E-state index contributed by atoms with van der Waals surface area (Å²) in [5.74, 6) is 0.130. The predicted octanol–water partition coefficient (Wildman–Crippen LogP) is 0.714. The molecule has 0 fully saturated rings. The number of Topliss-reactive ketones (excluding diaryl/α,β-unsaturated/α-hetero) is 3. The van der Waals surface area contributed by atoms with Gasteiger partial charge in [-0.05, 0) is 27.7 Å². The first-order chi connectivity index (χ1) is 6.81. The summed E-state index contributed by atoms with van der Waals surface area (Å²) in [6.45, 7) is 8.17. The molecule has 0 bridgehead atoms. The predicted molar refractivity (Wildman–Crippen MR) is 63.3 cm³/mol. The number of carbonyl (C=O) groups is 3. The van der Waals surface area contributed by atoms with Crippen LogP contribution in [-0.2, 0) is 14.4 Å². The highest BCUT2D eigenvalue weighted by Gasteiger charge is 1.94. The maximum absolute atomic E-state index is 10.0. The molecule has 0 heterocycles. The molecule has 0 aliphatic carbocycles. The topological polar surface area (TPSA) is 103 Å². The van der Waals surface area contributed by atoms with E-state index in [9.17, 15) is 14.4 Å². The number of hydrogen-bond acceptors (Lipinski definition) is 4. The van der Waals surface area contributed by atoms with Crippen LogP contribution in [-0.4, -0.2) is 34.5 Å². The molecule has 3 N–H and O–H groups in total. The van der Waals surface area contributed by atoms with Gasteiger partial charge in [-0.2, -0.15) is 0 Å². The van der Waals surface area contributed by atoms with Gasteiger partial charge < -0.3 is 15.4 Å². The van der Waals surface area contributed by atoms with Gasteiger partial charge in [-0.15, -0.1) is 0 Å². The molecule has 0 amide bonds. The Kier molecular flexibility index (Phi) is 29.5. The highest BCUT2D eigenvalue weighted by molar-refractivity contribution is 5.96. The summed E-state index contributed by atoms with van der Waals surface area (Å²) < 4.78 is 0. The Balaban J connectivity index is -0.0000000710. The van der Waals surface area contributed by atoms with Crippen molar-refractivity contribution in [1.82, 2.24) is 0 Å². The summed E-state index contributed by atoms with van der Waals surface area (Å²) in [7, 11) is 0. The highest BCUT2D eigenvalue weighted by Crippen LogP contribution is 1.80. The smallest absolute Gasteiger partial charge is 0.137 e. The summed E-state index contributed by atoms with van der Waals surface area (Å²) >= 11 is 0. The van der Waals surface area contributed by atoms with Gasteiger partial charge in [-0.3, -0.25) is 9.59 Å². The minimum Gasteiger partial charge on any atom is -0.412 e. The largest absolute Gasteiger partial charge is 0.412 e. The van der Waals surface area contributed by atoms with Crippen LogP contribution >= 0.6 is 0 Å². The molecule has 0 aromatic carbocycles. The summed E-state index contributed by atoms with van der Waals surface area (Å²) in [4.78, 5) is 29.9. The van der Waals surface area contributed by atoms with Gasteiger partial charge in [-0.1, -0.05) is 6.92 Å². The lowest BCUT2D eigenvalue weighted by Gasteiger charge is -1.81. The second kappa shape index (κ2) is 19.5. The number of rotatable bonds is 3. The third-order valence-electron chi connectivity index (χ3n) is 0.996.